The van der Waals surface area contributed by atoms with Crippen LogP contribution in [-0.4, -0.2) is 72.9 Å². The van der Waals surface area contributed by atoms with Crippen LogP contribution >= 0.6 is 0 Å². The maximum Gasteiger partial charge on any atom is 0.490 e. The maximum atomic E-state index is 12.5. The molecule has 0 saturated carbocycles. The first-order chi connectivity index (χ1) is 14.3. The Morgan fingerprint density at radius 3 is 2.47 bits per heavy atom. The fourth-order valence-corrected chi connectivity index (χ4v) is 2.54. The van der Waals surface area contributed by atoms with E-state index in [0.29, 0.717) is 24.7 Å². The second kappa shape index (κ2) is 8.77. The quantitative estimate of drug-likeness (QED) is 0.622. The van der Waals surface area contributed by atoms with Crippen LogP contribution in [0.3, 0.4) is 0 Å². The summed E-state index contributed by atoms with van der Waals surface area (Å²) in [5.41, 5.74) is 0.281. The van der Waals surface area contributed by atoms with Gasteiger partial charge in [-0.1, -0.05) is 0 Å². The normalized spacial score (nSPS) is 14.2. The number of carboxylic acids is 1. The molecule has 14 heteroatoms. The molecule has 0 aromatic carbocycles. The van der Waals surface area contributed by atoms with Crippen molar-refractivity contribution in [2.75, 3.05) is 31.2 Å². The number of rotatable bonds is 3. The van der Waals surface area contributed by atoms with Crippen molar-refractivity contribution in [1.82, 2.24) is 29.3 Å². The van der Waals surface area contributed by atoms with Gasteiger partial charge in [0.1, 0.15) is 17.8 Å². The van der Waals surface area contributed by atoms with Crippen molar-refractivity contribution in [2.24, 2.45) is 0 Å². The number of anilines is 1. The molecule has 0 spiro atoms. The average Bonchev–Trinajstić information content (AvgIpc) is 3.38. The van der Waals surface area contributed by atoms with Gasteiger partial charge in [0.25, 0.3) is 5.56 Å². The third-order valence-electron chi connectivity index (χ3n) is 3.98. The Balaban J connectivity index is 0.000000318. The number of aromatic amines is 1. The van der Waals surface area contributed by atoms with Gasteiger partial charge in [-0.05, 0) is 0 Å². The molecule has 2 N–H and O–H groups in total. The maximum absolute atomic E-state index is 12.5. The SMILES string of the molecule is O=C(O)C(F)(F)F.O=c1c(-n2ccnc2)c[nH]n1-c1cc(N2CCOCC2)ncn1. The van der Waals surface area contributed by atoms with Gasteiger partial charge in [0, 0.05) is 37.7 Å². The molecule has 4 heterocycles. The Bertz CT molecular complexity index is 1040. The molecule has 0 atom stereocenters. The number of hydrogen-bond acceptors (Lipinski definition) is 7. The predicted molar refractivity (Wildman–Crippen MR) is 95.8 cm³/mol. The van der Waals surface area contributed by atoms with Crippen molar-refractivity contribution in [3.63, 3.8) is 0 Å². The molecule has 11 nitrogen and oxygen atoms in total. The minimum atomic E-state index is -5.08. The highest BCUT2D eigenvalue weighted by Crippen LogP contribution is 2.15. The number of nitrogens with one attached hydrogen (secondary N) is 1. The largest absolute Gasteiger partial charge is 0.490 e. The Hall–Kier alpha value is -3.68. The third-order valence-corrected chi connectivity index (χ3v) is 3.98. The van der Waals surface area contributed by atoms with Crippen molar-refractivity contribution >= 4 is 11.8 Å². The van der Waals surface area contributed by atoms with Crippen LogP contribution in [0.2, 0.25) is 0 Å². The molecule has 4 rings (SSSR count). The van der Waals surface area contributed by atoms with Gasteiger partial charge >= 0.3 is 12.1 Å². The Morgan fingerprint density at radius 1 is 1.20 bits per heavy atom. The number of morpholine rings is 1. The van der Waals surface area contributed by atoms with Crippen molar-refractivity contribution < 1.29 is 27.8 Å². The number of nitrogens with zero attached hydrogens (tertiary/aromatic N) is 6. The van der Waals surface area contributed by atoms with Gasteiger partial charge in [-0.15, -0.1) is 0 Å². The van der Waals surface area contributed by atoms with Crippen LogP contribution in [-0.2, 0) is 9.53 Å². The highest BCUT2D eigenvalue weighted by Gasteiger charge is 2.38. The number of imidazole rings is 1. The van der Waals surface area contributed by atoms with Gasteiger partial charge in [0.15, 0.2) is 5.82 Å². The molecule has 1 saturated heterocycles. The van der Waals surface area contributed by atoms with Crippen molar-refractivity contribution in [2.45, 2.75) is 6.18 Å². The van der Waals surface area contributed by atoms with Crippen molar-refractivity contribution in [3.05, 3.63) is 47.7 Å². The Kier molecular flexibility index (Phi) is 6.15. The number of ether oxygens (including phenoxy) is 1. The summed E-state index contributed by atoms with van der Waals surface area (Å²) in [6.07, 6.45) is 2.92. The van der Waals surface area contributed by atoms with Crippen LogP contribution in [0.15, 0.2) is 42.1 Å². The highest BCUT2D eigenvalue weighted by molar-refractivity contribution is 5.73. The number of alkyl halides is 3. The topological polar surface area (TPSA) is 131 Å². The first kappa shape index (κ1) is 21.0. The summed E-state index contributed by atoms with van der Waals surface area (Å²) >= 11 is 0. The zero-order valence-electron chi connectivity index (χ0n) is 15.3. The summed E-state index contributed by atoms with van der Waals surface area (Å²) in [6, 6.07) is 1.79. The van der Waals surface area contributed by atoms with Gasteiger partial charge in [-0.2, -0.15) is 17.9 Å². The molecular formula is C16H16F3N7O4. The summed E-state index contributed by atoms with van der Waals surface area (Å²) in [5.74, 6) is -1.48. The van der Waals surface area contributed by atoms with Gasteiger partial charge in [-0.25, -0.2) is 19.7 Å². The van der Waals surface area contributed by atoms with Crippen molar-refractivity contribution in [3.8, 4) is 11.5 Å². The second-order valence-electron chi connectivity index (χ2n) is 5.91. The number of carboxylic acid groups (broad SMARTS) is 1. The average molecular weight is 427 g/mol. The van der Waals surface area contributed by atoms with E-state index < -0.39 is 12.1 Å². The van der Waals surface area contributed by atoms with Crippen LogP contribution in [0.25, 0.3) is 11.5 Å². The standard InChI is InChI=1S/C14H15N7O2.C2HF3O2/c22-14-11(20-2-1-15-10-20)8-18-21(14)13-7-12(16-9-17-13)19-3-5-23-6-4-19;3-2(4,5)1(6)7/h1-2,7-10,18H,3-6H2;(H,6,7). The number of aromatic nitrogens is 6. The van der Waals surface area contributed by atoms with Gasteiger partial charge in [0.2, 0.25) is 0 Å². The number of halogens is 3. The molecule has 0 amide bonds. The van der Waals surface area contributed by atoms with Crippen LogP contribution < -0.4 is 10.5 Å². The molecular weight excluding hydrogens is 411 g/mol. The molecule has 1 aliphatic rings. The van der Waals surface area contributed by atoms with E-state index in [1.165, 1.54) is 11.0 Å². The number of aliphatic carboxylic acids is 1. The third kappa shape index (κ3) is 4.83. The summed E-state index contributed by atoms with van der Waals surface area (Å²) < 4.78 is 40.1. The lowest BCUT2D eigenvalue weighted by Gasteiger charge is -2.27. The van der Waals surface area contributed by atoms with E-state index >= 15 is 0 Å². The van der Waals surface area contributed by atoms with Gasteiger partial charge in [0.05, 0.1) is 19.5 Å². The lowest BCUT2D eigenvalue weighted by Crippen LogP contribution is -2.37. The smallest absolute Gasteiger partial charge is 0.475 e. The molecule has 0 bridgehead atoms. The molecule has 0 radical (unpaired) electrons. The van der Waals surface area contributed by atoms with Gasteiger partial charge < -0.3 is 14.7 Å². The minimum absolute atomic E-state index is 0.199. The number of carbonyl (C=O) groups is 1. The monoisotopic (exact) mass is 427 g/mol. The molecule has 3 aromatic rings. The van der Waals surface area contributed by atoms with E-state index in [4.69, 9.17) is 14.6 Å². The summed E-state index contributed by atoms with van der Waals surface area (Å²) in [6.45, 7) is 2.89. The molecule has 1 fully saturated rings. The fourth-order valence-electron chi connectivity index (χ4n) is 2.54. The van der Waals surface area contributed by atoms with E-state index in [-0.39, 0.29) is 5.56 Å². The van der Waals surface area contributed by atoms with Crippen LogP contribution in [0.1, 0.15) is 0 Å². The lowest BCUT2D eigenvalue weighted by atomic mass is 10.4. The van der Waals surface area contributed by atoms with E-state index in [2.05, 4.69) is 25.0 Å². The fraction of sp³-hybridized carbons (Fsp3) is 0.312. The Labute approximate surface area is 166 Å². The zero-order chi connectivity index (χ0) is 21.7. The van der Waals surface area contributed by atoms with E-state index in [1.807, 2.05) is 0 Å². The van der Waals surface area contributed by atoms with Crippen molar-refractivity contribution in [1.29, 1.82) is 0 Å². The zero-order valence-corrected chi connectivity index (χ0v) is 15.3. The molecule has 30 heavy (non-hydrogen) atoms. The van der Waals surface area contributed by atoms with Crippen LogP contribution in [0.4, 0.5) is 19.0 Å². The van der Waals surface area contributed by atoms with Crippen LogP contribution in [0, 0.1) is 0 Å². The van der Waals surface area contributed by atoms with Gasteiger partial charge in [-0.3, -0.25) is 14.5 Å². The van der Waals surface area contributed by atoms with E-state index in [0.717, 1.165) is 18.9 Å². The molecule has 0 aliphatic carbocycles. The van der Waals surface area contributed by atoms with E-state index in [9.17, 15) is 18.0 Å². The number of hydrogen-bond donors (Lipinski definition) is 2. The molecule has 1 aliphatic heterocycles. The summed E-state index contributed by atoms with van der Waals surface area (Å²) in [4.78, 5) is 36.0. The minimum Gasteiger partial charge on any atom is -0.475 e. The van der Waals surface area contributed by atoms with E-state index in [1.54, 1.807) is 35.6 Å². The predicted octanol–water partition coefficient (Wildman–Crippen LogP) is 0.611. The first-order valence-electron chi connectivity index (χ1n) is 8.51. The molecule has 3 aromatic heterocycles. The number of H-pyrrole nitrogens is 1. The summed E-state index contributed by atoms with van der Waals surface area (Å²) in [5, 5.41) is 10.1. The first-order valence-corrected chi connectivity index (χ1v) is 8.51. The Morgan fingerprint density at radius 2 is 1.87 bits per heavy atom. The van der Waals surface area contributed by atoms with Crippen LogP contribution in [0.5, 0.6) is 0 Å². The second-order valence-corrected chi connectivity index (χ2v) is 5.91. The molecule has 160 valence electrons. The highest BCUT2D eigenvalue weighted by atomic mass is 19.4. The molecule has 0 unspecified atom stereocenters. The summed E-state index contributed by atoms with van der Waals surface area (Å²) in [7, 11) is 0. The lowest BCUT2D eigenvalue weighted by molar-refractivity contribution is -0.192.